The van der Waals surface area contributed by atoms with E-state index in [0.717, 1.165) is 14.8 Å². The van der Waals surface area contributed by atoms with Gasteiger partial charge in [0.1, 0.15) is 10.8 Å². The molecule has 0 aliphatic rings. The van der Waals surface area contributed by atoms with Crippen LogP contribution in [-0.4, -0.2) is 15.9 Å². The highest BCUT2D eigenvalue weighted by atomic mass is 127. The first-order valence-electron chi connectivity index (χ1n) is 5.12. The molecule has 0 aliphatic heterocycles. The topological polar surface area (TPSA) is 54.9 Å². The number of carbonyl (C=O) groups excluding carboxylic acids is 1. The fourth-order valence-electron chi connectivity index (χ4n) is 1.36. The third-order valence-corrected chi connectivity index (χ3v) is 3.73. The number of rotatable bonds is 2. The predicted octanol–water partition coefficient (Wildman–Crippen LogP) is 3.30. The van der Waals surface area contributed by atoms with Crippen LogP contribution in [0.25, 0.3) is 0 Å². The van der Waals surface area contributed by atoms with Crippen molar-refractivity contribution in [1.29, 1.82) is 0 Å². The first-order valence-corrected chi connectivity index (χ1v) is 6.57. The van der Waals surface area contributed by atoms with Crippen LogP contribution in [0.3, 0.4) is 0 Å². The van der Waals surface area contributed by atoms with Crippen LogP contribution in [0.1, 0.15) is 16.1 Å². The third kappa shape index (κ3) is 2.97. The monoisotopic (exact) mass is 373 g/mol. The number of nitrogens with zero attached hydrogens (tertiary/aromatic N) is 2. The Morgan fingerprint density at radius 2 is 2.11 bits per heavy atom. The van der Waals surface area contributed by atoms with Crippen LogP contribution in [0.15, 0.2) is 30.6 Å². The van der Waals surface area contributed by atoms with Crippen molar-refractivity contribution in [2.75, 3.05) is 5.32 Å². The molecule has 0 bridgehead atoms. The Kier molecular flexibility index (Phi) is 4.13. The second-order valence-electron chi connectivity index (χ2n) is 3.59. The molecule has 1 amide bonds. The fourth-order valence-corrected chi connectivity index (χ4v) is 1.95. The van der Waals surface area contributed by atoms with Gasteiger partial charge in [-0.3, -0.25) is 4.79 Å². The van der Waals surface area contributed by atoms with Crippen molar-refractivity contribution < 1.29 is 4.79 Å². The fraction of sp³-hybridized carbons (Fsp3) is 0.0833. The summed E-state index contributed by atoms with van der Waals surface area (Å²) < 4.78 is 1.09. The zero-order chi connectivity index (χ0) is 13.1. The van der Waals surface area contributed by atoms with Crippen molar-refractivity contribution in [2.45, 2.75) is 6.92 Å². The maximum atomic E-state index is 11.9. The maximum Gasteiger partial charge on any atom is 0.275 e. The van der Waals surface area contributed by atoms with Crippen LogP contribution in [0.5, 0.6) is 0 Å². The summed E-state index contributed by atoms with van der Waals surface area (Å²) in [6.45, 7) is 1.95. The van der Waals surface area contributed by atoms with Crippen molar-refractivity contribution in [2.24, 2.45) is 0 Å². The lowest BCUT2D eigenvalue weighted by Crippen LogP contribution is -2.14. The summed E-state index contributed by atoms with van der Waals surface area (Å²) in [6.07, 6.45) is 2.69. The molecule has 0 radical (unpaired) electrons. The van der Waals surface area contributed by atoms with Gasteiger partial charge in [-0.15, -0.1) is 0 Å². The Morgan fingerprint density at radius 1 is 1.33 bits per heavy atom. The van der Waals surface area contributed by atoms with E-state index in [0.29, 0.717) is 0 Å². The third-order valence-electron chi connectivity index (χ3n) is 2.37. The van der Waals surface area contributed by atoms with Crippen LogP contribution >= 0.6 is 34.2 Å². The van der Waals surface area contributed by atoms with E-state index >= 15 is 0 Å². The number of nitrogens with one attached hydrogen (secondary N) is 1. The molecule has 1 aromatic carbocycles. The predicted molar refractivity (Wildman–Crippen MR) is 78.9 cm³/mol. The van der Waals surface area contributed by atoms with E-state index in [1.165, 1.54) is 12.4 Å². The standard InChI is InChI=1S/C12H9ClIN3O/c1-7-8(14)3-2-4-9(7)17-12(18)10-5-16-11(13)6-15-10/h2-6H,1H3,(H,17,18). The zero-order valence-corrected chi connectivity index (χ0v) is 12.4. The smallest absolute Gasteiger partial charge is 0.275 e. The highest BCUT2D eigenvalue weighted by Gasteiger charge is 2.10. The van der Waals surface area contributed by atoms with E-state index in [1.807, 2.05) is 25.1 Å². The van der Waals surface area contributed by atoms with Gasteiger partial charge in [-0.05, 0) is 47.2 Å². The van der Waals surface area contributed by atoms with Crippen molar-refractivity contribution in [3.05, 3.63) is 50.6 Å². The number of hydrogen-bond donors (Lipinski definition) is 1. The number of anilines is 1. The molecule has 0 fully saturated rings. The number of carbonyl (C=O) groups is 1. The average molecular weight is 374 g/mol. The number of halogens is 2. The Labute approximate surface area is 123 Å². The van der Waals surface area contributed by atoms with Crippen LogP contribution in [0.2, 0.25) is 5.15 Å². The van der Waals surface area contributed by atoms with Gasteiger partial charge in [0.05, 0.1) is 12.4 Å². The highest BCUT2D eigenvalue weighted by Crippen LogP contribution is 2.20. The number of benzene rings is 1. The molecule has 1 N–H and O–H groups in total. The molecular weight excluding hydrogens is 365 g/mol. The number of hydrogen-bond acceptors (Lipinski definition) is 3. The van der Waals surface area contributed by atoms with Crippen LogP contribution in [-0.2, 0) is 0 Å². The Bertz CT molecular complexity index is 586. The van der Waals surface area contributed by atoms with Gasteiger partial charge < -0.3 is 5.32 Å². The molecule has 0 spiro atoms. The Morgan fingerprint density at radius 3 is 2.78 bits per heavy atom. The van der Waals surface area contributed by atoms with Gasteiger partial charge in [0.25, 0.3) is 5.91 Å². The highest BCUT2D eigenvalue weighted by molar-refractivity contribution is 14.1. The van der Waals surface area contributed by atoms with Gasteiger partial charge in [-0.2, -0.15) is 0 Å². The lowest BCUT2D eigenvalue weighted by molar-refractivity contribution is 0.102. The summed E-state index contributed by atoms with van der Waals surface area (Å²) in [6, 6.07) is 5.71. The van der Waals surface area contributed by atoms with Crippen LogP contribution < -0.4 is 5.32 Å². The minimum atomic E-state index is -0.302. The molecule has 0 unspecified atom stereocenters. The quantitative estimate of drug-likeness (QED) is 0.822. The molecule has 18 heavy (non-hydrogen) atoms. The molecule has 0 saturated heterocycles. The van der Waals surface area contributed by atoms with Gasteiger partial charge in [-0.25, -0.2) is 9.97 Å². The molecule has 2 aromatic rings. The minimum Gasteiger partial charge on any atom is -0.320 e. The summed E-state index contributed by atoms with van der Waals surface area (Å²) in [5.41, 5.74) is 2.02. The van der Waals surface area contributed by atoms with E-state index < -0.39 is 0 Å². The van der Waals surface area contributed by atoms with Gasteiger partial charge in [0.2, 0.25) is 0 Å². The normalized spacial score (nSPS) is 10.2. The number of amides is 1. The van der Waals surface area contributed by atoms with Crippen molar-refractivity contribution >= 4 is 45.8 Å². The molecule has 0 saturated carbocycles. The average Bonchev–Trinajstić information content (AvgIpc) is 2.36. The molecule has 92 valence electrons. The Balaban J connectivity index is 2.21. The van der Waals surface area contributed by atoms with Crippen molar-refractivity contribution in [1.82, 2.24) is 9.97 Å². The van der Waals surface area contributed by atoms with Crippen molar-refractivity contribution in [3.8, 4) is 0 Å². The molecule has 4 nitrogen and oxygen atoms in total. The van der Waals surface area contributed by atoms with Gasteiger partial charge in [0.15, 0.2) is 0 Å². The zero-order valence-electron chi connectivity index (χ0n) is 9.45. The molecule has 0 aliphatic carbocycles. The molecule has 1 heterocycles. The molecule has 2 rings (SSSR count). The van der Waals surface area contributed by atoms with E-state index in [-0.39, 0.29) is 16.8 Å². The summed E-state index contributed by atoms with van der Waals surface area (Å²) >= 11 is 7.84. The van der Waals surface area contributed by atoms with E-state index in [9.17, 15) is 4.79 Å². The molecular formula is C12H9ClIN3O. The molecule has 1 aromatic heterocycles. The first-order chi connectivity index (χ1) is 8.58. The van der Waals surface area contributed by atoms with E-state index in [1.54, 1.807) is 0 Å². The first kappa shape index (κ1) is 13.2. The summed E-state index contributed by atoms with van der Waals surface area (Å²) in [4.78, 5) is 19.7. The maximum absolute atomic E-state index is 11.9. The summed E-state index contributed by atoms with van der Waals surface area (Å²) in [5, 5.41) is 3.06. The van der Waals surface area contributed by atoms with Gasteiger partial charge in [0, 0.05) is 9.26 Å². The van der Waals surface area contributed by atoms with E-state index in [4.69, 9.17) is 11.6 Å². The molecule has 6 heteroatoms. The summed E-state index contributed by atoms with van der Waals surface area (Å²) in [7, 11) is 0. The lowest BCUT2D eigenvalue weighted by atomic mass is 10.2. The number of aromatic nitrogens is 2. The lowest BCUT2D eigenvalue weighted by Gasteiger charge is -2.08. The van der Waals surface area contributed by atoms with Gasteiger partial charge in [-0.1, -0.05) is 17.7 Å². The van der Waals surface area contributed by atoms with Gasteiger partial charge >= 0.3 is 0 Å². The molecule has 0 atom stereocenters. The Hall–Kier alpha value is -1.21. The second kappa shape index (κ2) is 5.62. The van der Waals surface area contributed by atoms with Crippen LogP contribution in [0.4, 0.5) is 5.69 Å². The SMILES string of the molecule is Cc1c(I)cccc1NC(=O)c1cnc(Cl)cn1. The van der Waals surface area contributed by atoms with E-state index in [2.05, 4.69) is 37.9 Å². The largest absolute Gasteiger partial charge is 0.320 e. The van der Waals surface area contributed by atoms with Crippen molar-refractivity contribution in [3.63, 3.8) is 0 Å². The summed E-state index contributed by atoms with van der Waals surface area (Å²) in [5.74, 6) is -0.302. The minimum absolute atomic E-state index is 0.234. The van der Waals surface area contributed by atoms with Crippen LogP contribution in [0, 0.1) is 10.5 Å². The second-order valence-corrected chi connectivity index (χ2v) is 5.14.